The number of ether oxygens (including phenoxy) is 2. The van der Waals surface area contributed by atoms with Crippen molar-refractivity contribution in [3.05, 3.63) is 98.9 Å². The summed E-state index contributed by atoms with van der Waals surface area (Å²) in [5, 5.41) is 10.4. The molecule has 42 heavy (non-hydrogen) atoms. The van der Waals surface area contributed by atoms with Gasteiger partial charge in [-0.15, -0.1) is 0 Å². The van der Waals surface area contributed by atoms with Crippen molar-refractivity contribution in [2.75, 3.05) is 44.7 Å². The molecule has 0 N–H and O–H groups in total. The number of amides is 3. The first-order valence-corrected chi connectivity index (χ1v) is 14.0. The summed E-state index contributed by atoms with van der Waals surface area (Å²) in [4.78, 5) is 54.1. The maximum absolute atomic E-state index is 13.1. The van der Waals surface area contributed by atoms with E-state index in [9.17, 15) is 24.5 Å². The molecule has 2 heterocycles. The van der Waals surface area contributed by atoms with Crippen LogP contribution in [0.1, 0.15) is 11.1 Å². The van der Waals surface area contributed by atoms with Gasteiger partial charge in [0.2, 0.25) is 5.91 Å². The minimum Gasteiger partial charge on any atom is -0.493 e. The lowest BCUT2D eigenvalue weighted by molar-refractivity contribution is -0.384. The fraction of sp³-hybridized carbons (Fsp3) is 0.233. The number of rotatable bonds is 9. The Bertz CT molecular complexity index is 1520. The minimum atomic E-state index is -0.515. The number of thioether (sulfide) groups is 1. The van der Waals surface area contributed by atoms with E-state index in [1.165, 1.54) is 19.2 Å². The fourth-order valence-corrected chi connectivity index (χ4v) is 5.48. The number of methoxy groups -OCH3 is 1. The third-order valence-electron chi connectivity index (χ3n) is 6.95. The van der Waals surface area contributed by atoms with Crippen molar-refractivity contribution >= 4 is 46.3 Å². The van der Waals surface area contributed by atoms with Gasteiger partial charge in [0.25, 0.3) is 16.8 Å². The van der Waals surface area contributed by atoms with Crippen LogP contribution in [0.5, 0.6) is 11.5 Å². The number of hydrogen-bond donors (Lipinski definition) is 0. The van der Waals surface area contributed by atoms with Gasteiger partial charge in [0, 0.05) is 44.0 Å². The molecule has 216 valence electrons. The molecule has 2 aliphatic rings. The summed E-state index contributed by atoms with van der Waals surface area (Å²) in [6.45, 7) is 2.24. The van der Waals surface area contributed by atoms with Gasteiger partial charge in [-0.3, -0.25) is 29.4 Å². The van der Waals surface area contributed by atoms with Crippen molar-refractivity contribution in [1.29, 1.82) is 0 Å². The van der Waals surface area contributed by atoms with Crippen LogP contribution in [-0.2, 0) is 16.2 Å². The Morgan fingerprint density at radius 3 is 2.36 bits per heavy atom. The zero-order chi connectivity index (χ0) is 29.6. The van der Waals surface area contributed by atoms with Crippen LogP contribution in [0.2, 0.25) is 0 Å². The molecular weight excluding hydrogens is 560 g/mol. The predicted molar refractivity (Wildman–Crippen MR) is 158 cm³/mol. The molecule has 0 radical (unpaired) electrons. The van der Waals surface area contributed by atoms with E-state index in [0.29, 0.717) is 43.2 Å². The van der Waals surface area contributed by atoms with Crippen LogP contribution in [-0.4, -0.2) is 71.6 Å². The summed E-state index contributed by atoms with van der Waals surface area (Å²) >= 11 is 0.791. The number of carbonyl (C=O) groups excluding carboxylic acids is 3. The van der Waals surface area contributed by atoms with Crippen molar-refractivity contribution in [3.63, 3.8) is 0 Å². The molecule has 0 saturated carbocycles. The van der Waals surface area contributed by atoms with Crippen molar-refractivity contribution in [1.82, 2.24) is 9.80 Å². The molecule has 3 aromatic carbocycles. The lowest BCUT2D eigenvalue weighted by Gasteiger charge is -2.36. The van der Waals surface area contributed by atoms with E-state index in [2.05, 4.69) is 4.90 Å². The van der Waals surface area contributed by atoms with Crippen LogP contribution in [0, 0.1) is 10.1 Å². The second kappa shape index (κ2) is 12.8. The van der Waals surface area contributed by atoms with Crippen molar-refractivity contribution in [2.24, 2.45) is 0 Å². The molecule has 0 atom stereocenters. The second-order valence-electron chi connectivity index (χ2n) is 9.59. The van der Waals surface area contributed by atoms with Crippen LogP contribution in [0.3, 0.4) is 0 Å². The van der Waals surface area contributed by atoms with E-state index in [1.807, 2.05) is 30.3 Å². The number of nitrogens with zero attached hydrogens (tertiary/aromatic N) is 4. The Morgan fingerprint density at radius 2 is 1.69 bits per heavy atom. The number of nitro benzene ring substituents is 1. The highest BCUT2D eigenvalue weighted by Crippen LogP contribution is 2.35. The third-order valence-corrected chi connectivity index (χ3v) is 7.86. The zero-order valence-corrected chi connectivity index (χ0v) is 23.6. The van der Waals surface area contributed by atoms with Crippen LogP contribution in [0.4, 0.5) is 16.2 Å². The van der Waals surface area contributed by atoms with Gasteiger partial charge in [-0.1, -0.05) is 24.3 Å². The molecule has 0 aliphatic carbocycles. The smallest absolute Gasteiger partial charge is 0.294 e. The van der Waals surface area contributed by atoms with E-state index < -0.39 is 16.1 Å². The van der Waals surface area contributed by atoms with Crippen LogP contribution in [0.15, 0.2) is 77.7 Å². The zero-order valence-electron chi connectivity index (χ0n) is 22.8. The lowest BCUT2D eigenvalue weighted by Crippen LogP contribution is -2.51. The first kappa shape index (κ1) is 28.7. The van der Waals surface area contributed by atoms with Crippen LogP contribution < -0.4 is 14.4 Å². The quantitative estimate of drug-likeness (QED) is 0.201. The van der Waals surface area contributed by atoms with Crippen molar-refractivity contribution < 1.29 is 28.8 Å². The largest absolute Gasteiger partial charge is 0.493 e. The van der Waals surface area contributed by atoms with Crippen LogP contribution >= 0.6 is 11.8 Å². The van der Waals surface area contributed by atoms with Gasteiger partial charge < -0.3 is 19.3 Å². The predicted octanol–water partition coefficient (Wildman–Crippen LogP) is 4.57. The van der Waals surface area contributed by atoms with Gasteiger partial charge in [0.1, 0.15) is 13.2 Å². The molecule has 5 rings (SSSR count). The third kappa shape index (κ3) is 6.55. The highest BCUT2D eigenvalue weighted by molar-refractivity contribution is 8.18. The number of non-ortho nitro benzene ring substituents is 1. The number of benzene rings is 3. The van der Waals surface area contributed by atoms with Crippen molar-refractivity contribution in [2.45, 2.75) is 6.61 Å². The van der Waals surface area contributed by atoms with Gasteiger partial charge in [0.15, 0.2) is 11.5 Å². The molecule has 0 unspecified atom stereocenters. The van der Waals surface area contributed by atoms with E-state index in [4.69, 9.17) is 9.47 Å². The average Bonchev–Trinajstić information content (AvgIpc) is 3.28. The molecule has 0 bridgehead atoms. The van der Waals surface area contributed by atoms with Gasteiger partial charge >= 0.3 is 0 Å². The monoisotopic (exact) mass is 588 g/mol. The Labute approximate surface area is 246 Å². The normalized spacial score (nSPS) is 16.2. The first-order valence-electron chi connectivity index (χ1n) is 13.2. The molecule has 0 spiro atoms. The number of imide groups is 1. The number of nitro groups is 1. The molecule has 3 aromatic rings. The topological polar surface area (TPSA) is 123 Å². The first-order chi connectivity index (χ1) is 20.3. The molecule has 2 fully saturated rings. The maximum Gasteiger partial charge on any atom is 0.294 e. The molecular formula is C30H28N4O7S. The highest BCUT2D eigenvalue weighted by Gasteiger charge is 2.37. The SMILES string of the molecule is COc1cc(/C=C2/SC(=O)N(CC(=O)N3CCN(c4ccccc4)CC3)C2=O)ccc1OCc1ccc([N+](=O)[O-])cc1. The lowest BCUT2D eigenvalue weighted by atomic mass is 10.1. The van der Waals surface area contributed by atoms with Crippen molar-refractivity contribution in [3.8, 4) is 11.5 Å². The van der Waals surface area contributed by atoms with Gasteiger partial charge in [-0.05, 0) is 65.4 Å². The Hall–Kier alpha value is -4.84. The second-order valence-corrected chi connectivity index (χ2v) is 10.6. The van der Waals surface area contributed by atoms with Gasteiger partial charge in [0.05, 0.1) is 16.9 Å². The summed E-state index contributed by atoms with van der Waals surface area (Å²) < 4.78 is 11.3. The van der Waals surface area contributed by atoms with Gasteiger partial charge in [-0.2, -0.15) is 0 Å². The summed E-state index contributed by atoms with van der Waals surface area (Å²) in [6, 6.07) is 21.1. The van der Waals surface area contributed by atoms with E-state index in [-0.39, 0.29) is 29.7 Å². The molecule has 12 heteroatoms. The molecule has 2 aliphatic heterocycles. The summed E-state index contributed by atoms with van der Waals surface area (Å²) in [6.07, 6.45) is 1.58. The number of hydrogen-bond acceptors (Lipinski definition) is 9. The van der Waals surface area contributed by atoms with E-state index >= 15 is 0 Å². The van der Waals surface area contributed by atoms with Crippen LogP contribution in [0.25, 0.3) is 6.08 Å². The minimum absolute atomic E-state index is 0.00358. The molecule has 3 amide bonds. The number of para-hydroxylation sites is 1. The Kier molecular flexibility index (Phi) is 8.72. The molecule has 11 nitrogen and oxygen atoms in total. The van der Waals surface area contributed by atoms with E-state index in [1.54, 1.807) is 41.3 Å². The summed E-state index contributed by atoms with van der Waals surface area (Å²) in [5.74, 6) is 0.0787. The number of carbonyl (C=O) groups is 3. The van der Waals surface area contributed by atoms with Gasteiger partial charge in [-0.25, -0.2) is 0 Å². The average molecular weight is 589 g/mol. The standard InChI is InChI=1S/C30H28N4O7S/c1-40-26-17-22(9-12-25(26)41-20-21-7-10-24(11-8-21)34(38)39)18-27-29(36)33(30(37)42-27)19-28(35)32-15-13-31(14-16-32)23-5-3-2-4-6-23/h2-12,17-18H,13-16,19-20H2,1H3/b27-18+. The maximum atomic E-state index is 13.1. The Balaban J connectivity index is 1.18. The Morgan fingerprint density at radius 1 is 0.976 bits per heavy atom. The molecule has 0 aromatic heterocycles. The number of anilines is 1. The fourth-order valence-electron chi connectivity index (χ4n) is 4.64. The highest BCUT2D eigenvalue weighted by atomic mass is 32.2. The summed E-state index contributed by atoms with van der Waals surface area (Å²) in [7, 11) is 1.48. The number of piperazine rings is 1. The molecule has 2 saturated heterocycles. The van der Waals surface area contributed by atoms with E-state index in [0.717, 1.165) is 27.9 Å². The summed E-state index contributed by atoms with van der Waals surface area (Å²) in [5.41, 5.74) is 2.45.